The predicted molar refractivity (Wildman–Crippen MR) is 62.5 cm³/mol. The first-order chi connectivity index (χ1) is 7.20. The molecule has 3 nitrogen and oxygen atoms in total. The van der Waals surface area contributed by atoms with E-state index in [1.54, 1.807) is 13.1 Å². The largest absolute Gasteiger partial charge is 0.363 e. The molecule has 0 fully saturated rings. The second-order valence-electron chi connectivity index (χ2n) is 2.80. The Labute approximate surface area is 98.7 Å². The van der Waals surface area contributed by atoms with Gasteiger partial charge in [-0.05, 0) is 34.1 Å². The minimum absolute atomic E-state index is 0.283. The van der Waals surface area contributed by atoms with Gasteiger partial charge in [-0.15, -0.1) is 0 Å². The molecule has 0 aliphatic rings. The predicted octanol–water partition coefficient (Wildman–Crippen LogP) is 3.15. The van der Waals surface area contributed by atoms with Crippen molar-refractivity contribution in [3.63, 3.8) is 0 Å². The van der Waals surface area contributed by atoms with E-state index >= 15 is 0 Å². The van der Waals surface area contributed by atoms with E-state index in [9.17, 15) is 4.39 Å². The van der Waals surface area contributed by atoms with E-state index in [0.29, 0.717) is 10.3 Å². The van der Waals surface area contributed by atoms with Crippen LogP contribution in [-0.2, 0) is 0 Å². The Hall–Kier alpha value is -1.01. The average molecular weight is 288 g/mol. The van der Waals surface area contributed by atoms with Crippen molar-refractivity contribution < 1.29 is 4.39 Å². The fourth-order valence-electron chi connectivity index (χ4n) is 1.11. The van der Waals surface area contributed by atoms with Gasteiger partial charge in [0, 0.05) is 28.6 Å². The molecule has 0 spiro atoms. The zero-order chi connectivity index (χ0) is 10.8. The maximum absolute atomic E-state index is 12.9. The summed E-state index contributed by atoms with van der Waals surface area (Å²) in [7, 11) is 1.78. The Balaban J connectivity index is 2.44. The molecule has 1 N–H and O–H groups in total. The number of nitrogens with one attached hydrogen (secondary N) is 1. The molecule has 6 heteroatoms. The lowest BCUT2D eigenvalue weighted by atomic mass is 10.2. The zero-order valence-corrected chi connectivity index (χ0v) is 10.2. The molecule has 0 atom stereocenters. The Morgan fingerprint density at radius 2 is 2.27 bits per heavy atom. The molecule has 0 saturated carbocycles. The standard InChI is InChI=1S/C9H7BrFN3S/c1-12-9-13-8(14-15-9)6-3-2-5(11)4-7(6)10/h2-4H,1H3,(H,12,13,14). The monoisotopic (exact) mass is 287 g/mol. The molecular weight excluding hydrogens is 281 g/mol. The van der Waals surface area contributed by atoms with Gasteiger partial charge in [-0.2, -0.15) is 9.36 Å². The molecular formula is C9H7BrFN3S. The average Bonchev–Trinajstić information content (AvgIpc) is 2.66. The highest BCUT2D eigenvalue weighted by Gasteiger charge is 2.09. The molecule has 2 aromatic rings. The lowest BCUT2D eigenvalue weighted by molar-refractivity contribution is 0.627. The minimum atomic E-state index is -0.283. The Morgan fingerprint density at radius 1 is 1.47 bits per heavy atom. The first-order valence-electron chi connectivity index (χ1n) is 4.17. The van der Waals surface area contributed by atoms with Crippen LogP contribution in [-0.4, -0.2) is 16.4 Å². The first kappa shape index (κ1) is 10.5. The fourth-order valence-corrected chi connectivity index (χ4v) is 2.16. The molecule has 0 radical (unpaired) electrons. The van der Waals surface area contributed by atoms with Crippen molar-refractivity contribution in [1.82, 2.24) is 9.36 Å². The van der Waals surface area contributed by atoms with E-state index in [1.165, 1.54) is 23.7 Å². The number of benzene rings is 1. The zero-order valence-electron chi connectivity index (χ0n) is 7.79. The molecule has 0 unspecified atom stereocenters. The van der Waals surface area contributed by atoms with Crippen LogP contribution in [0.15, 0.2) is 22.7 Å². The van der Waals surface area contributed by atoms with Gasteiger partial charge in [-0.25, -0.2) is 4.39 Å². The van der Waals surface area contributed by atoms with Crippen LogP contribution in [0.5, 0.6) is 0 Å². The van der Waals surface area contributed by atoms with E-state index < -0.39 is 0 Å². The van der Waals surface area contributed by atoms with Gasteiger partial charge in [0.25, 0.3) is 0 Å². The summed E-state index contributed by atoms with van der Waals surface area (Å²) >= 11 is 4.55. The lowest BCUT2D eigenvalue weighted by Crippen LogP contribution is -1.87. The van der Waals surface area contributed by atoms with Crippen LogP contribution in [0.1, 0.15) is 0 Å². The Bertz CT molecular complexity index is 486. The SMILES string of the molecule is CNc1nc(-c2ccc(F)cc2Br)ns1. The Morgan fingerprint density at radius 3 is 2.87 bits per heavy atom. The lowest BCUT2D eigenvalue weighted by Gasteiger charge is -1.98. The van der Waals surface area contributed by atoms with E-state index in [4.69, 9.17) is 0 Å². The quantitative estimate of drug-likeness (QED) is 0.922. The number of hydrogen-bond donors (Lipinski definition) is 1. The molecule has 78 valence electrons. The number of hydrogen-bond acceptors (Lipinski definition) is 4. The normalized spacial score (nSPS) is 10.3. The molecule has 0 bridgehead atoms. The van der Waals surface area contributed by atoms with Gasteiger partial charge >= 0.3 is 0 Å². The molecule has 0 aliphatic heterocycles. The van der Waals surface area contributed by atoms with Crippen molar-refractivity contribution in [2.45, 2.75) is 0 Å². The van der Waals surface area contributed by atoms with Crippen molar-refractivity contribution in [3.8, 4) is 11.4 Å². The first-order valence-corrected chi connectivity index (χ1v) is 5.74. The van der Waals surface area contributed by atoms with Gasteiger partial charge in [-0.3, -0.25) is 0 Å². The molecule has 0 amide bonds. The summed E-state index contributed by atoms with van der Waals surface area (Å²) in [6, 6.07) is 4.44. The van der Waals surface area contributed by atoms with Crippen LogP contribution in [0.25, 0.3) is 11.4 Å². The number of nitrogens with zero attached hydrogens (tertiary/aromatic N) is 2. The van der Waals surface area contributed by atoms with E-state index in [0.717, 1.165) is 10.7 Å². The second kappa shape index (κ2) is 4.24. The summed E-state index contributed by atoms with van der Waals surface area (Å²) < 4.78 is 17.7. The maximum Gasteiger partial charge on any atom is 0.202 e. The van der Waals surface area contributed by atoms with Gasteiger partial charge in [0.15, 0.2) is 5.82 Å². The number of halogens is 2. The summed E-state index contributed by atoms with van der Waals surface area (Å²) in [5.41, 5.74) is 0.786. The van der Waals surface area contributed by atoms with Gasteiger partial charge < -0.3 is 5.32 Å². The molecule has 0 aliphatic carbocycles. The van der Waals surface area contributed by atoms with Crippen molar-refractivity contribution in [1.29, 1.82) is 0 Å². The topological polar surface area (TPSA) is 37.8 Å². The van der Waals surface area contributed by atoms with Crippen LogP contribution in [0, 0.1) is 5.82 Å². The van der Waals surface area contributed by atoms with E-state index in [1.807, 2.05) is 0 Å². The van der Waals surface area contributed by atoms with Crippen LogP contribution in [0.2, 0.25) is 0 Å². The molecule has 15 heavy (non-hydrogen) atoms. The van der Waals surface area contributed by atoms with Crippen LogP contribution < -0.4 is 5.32 Å². The molecule has 1 aromatic carbocycles. The minimum Gasteiger partial charge on any atom is -0.363 e. The van der Waals surface area contributed by atoms with Crippen molar-refractivity contribution in [2.24, 2.45) is 0 Å². The van der Waals surface area contributed by atoms with Crippen molar-refractivity contribution in [2.75, 3.05) is 12.4 Å². The van der Waals surface area contributed by atoms with E-state index in [-0.39, 0.29) is 5.82 Å². The van der Waals surface area contributed by atoms with Gasteiger partial charge in [0.05, 0.1) is 0 Å². The van der Waals surface area contributed by atoms with Crippen molar-refractivity contribution in [3.05, 3.63) is 28.5 Å². The molecule has 1 heterocycles. The highest BCUT2D eigenvalue weighted by Crippen LogP contribution is 2.28. The summed E-state index contributed by atoms with van der Waals surface area (Å²) in [5, 5.41) is 3.64. The Kier molecular flexibility index (Phi) is 2.97. The molecule has 2 rings (SSSR count). The van der Waals surface area contributed by atoms with E-state index in [2.05, 4.69) is 30.6 Å². The summed E-state index contributed by atoms with van der Waals surface area (Å²) in [6.45, 7) is 0. The fraction of sp³-hybridized carbons (Fsp3) is 0.111. The highest BCUT2D eigenvalue weighted by atomic mass is 79.9. The smallest absolute Gasteiger partial charge is 0.202 e. The summed E-state index contributed by atoms with van der Waals surface area (Å²) in [4.78, 5) is 4.23. The number of rotatable bonds is 2. The third-order valence-electron chi connectivity index (χ3n) is 1.81. The van der Waals surface area contributed by atoms with Crippen LogP contribution in [0.3, 0.4) is 0 Å². The number of anilines is 1. The summed E-state index contributed by atoms with van der Waals surface area (Å²) in [5.74, 6) is 0.311. The van der Waals surface area contributed by atoms with Crippen molar-refractivity contribution >= 4 is 32.6 Å². The summed E-state index contributed by atoms with van der Waals surface area (Å²) in [6.07, 6.45) is 0. The molecule has 1 aromatic heterocycles. The third kappa shape index (κ3) is 2.15. The van der Waals surface area contributed by atoms with Crippen LogP contribution in [0.4, 0.5) is 9.52 Å². The second-order valence-corrected chi connectivity index (χ2v) is 4.40. The highest BCUT2D eigenvalue weighted by molar-refractivity contribution is 9.10. The van der Waals surface area contributed by atoms with Crippen LogP contribution >= 0.6 is 27.5 Å². The third-order valence-corrected chi connectivity index (χ3v) is 3.20. The van der Waals surface area contributed by atoms with Gasteiger partial charge in [-0.1, -0.05) is 0 Å². The van der Waals surface area contributed by atoms with Gasteiger partial charge in [0.1, 0.15) is 5.82 Å². The van der Waals surface area contributed by atoms with Gasteiger partial charge in [0.2, 0.25) is 5.13 Å². The number of aromatic nitrogens is 2. The maximum atomic E-state index is 12.9. The molecule has 0 saturated heterocycles.